The van der Waals surface area contributed by atoms with Gasteiger partial charge in [-0.25, -0.2) is 0 Å². The van der Waals surface area contributed by atoms with Gasteiger partial charge in [0.25, 0.3) is 0 Å². The highest BCUT2D eigenvalue weighted by Crippen LogP contribution is 2.36. The Morgan fingerprint density at radius 3 is 2.35 bits per heavy atom. The molecule has 0 saturated carbocycles. The normalized spacial score (nSPS) is 20.8. The van der Waals surface area contributed by atoms with Crippen molar-refractivity contribution in [2.24, 2.45) is 11.7 Å². The minimum absolute atomic E-state index is 0.109. The summed E-state index contributed by atoms with van der Waals surface area (Å²) in [6.07, 6.45) is 0.0628. The Hall–Kier alpha value is -2.77. The second-order valence-electron chi connectivity index (χ2n) is 13.3. The smallest absolute Gasteiger partial charge is 0.239 e. The number of nitrogens with two attached hydrogens (primary N) is 1. The van der Waals surface area contributed by atoms with Crippen LogP contribution in [0.1, 0.15) is 56.2 Å². The van der Waals surface area contributed by atoms with Gasteiger partial charge in [-0.15, -0.1) is 0 Å². The third kappa shape index (κ3) is 11.1. The number of methoxy groups -OCH3 is 2. The highest BCUT2D eigenvalue weighted by molar-refractivity contribution is 5.82. The van der Waals surface area contributed by atoms with E-state index in [2.05, 4.69) is 49.1 Å². The summed E-state index contributed by atoms with van der Waals surface area (Å²) in [5.74, 6) is 0.855. The summed E-state index contributed by atoms with van der Waals surface area (Å²) >= 11 is 0. The Morgan fingerprint density at radius 2 is 1.67 bits per heavy atom. The molecule has 4 rings (SSSR count). The molecule has 0 spiro atoms. The molecule has 11 nitrogen and oxygen atoms in total. The lowest BCUT2D eigenvalue weighted by Gasteiger charge is -2.44. The van der Waals surface area contributed by atoms with Crippen LogP contribution in [0, 0.1) is 5.92 Å². The van der Waals surface area contributed by atoms with Crippen molar-refractivity contribution in [2.75, 3.05) is 78.3 Å². The van der Waals surface area contributed by atoms with Crippen LogP contribution in [0.3, 0.4) is 0 Å². The van der Waals surface area contributed by atoms with Crippen molar-refractivity contribution < 1.29 is 38.3 Å². The number of likely N-dealkylation sites (tertiary alicyclic amines) is 1. The number of benzene rings is 2. The maximum atomic E-state index is 13.7. The molecule has 48 heavy (non-hydrogen) atoms. The fourth-order valence-electron chi connectivity index (χ4n) is 6.42. The monoisotopic (exact) mass is 671 g/mol. The van der Waals surface area contributed by atoms with Gasteiger partial charge >= 0.3 is 0 Å². The largest absolute Gasteiger partial charge is 0.490 e. The summed E-state index contributed by atoms with van der Waals surface area (Å²) in [5, 5.41) is 10.2. The van der Waals surface area contributed by atoms with E-state index in [1.807, 2.05) is 12.1 Å². The van der Waals surface area contributed by atoms with Crippen LogP contribution in [-0.2, 0) is 41.7 Å². The number of anilines is 1. The number of hydrogen-bond donors (Lipinski definition) is 2. The number of carbonyl (C=O) groups excluding carboxylic acids is 1. The fourth-order valence-corrected chi connectivity index (χ4v) is 6.42. The summed E-state index contributed by atoms with van der Waals surface area (Å²) in [5.41, 5.74) is 10.6. The lowest BCUT2D eigenvalue weighted by atomic mass is 9.83. The van der Waals surface area contributed by atoms with Crippen molar-refractivity contribution >= 4 is 11.6 Å². The van der Waals surface area contributed by atoms with E-state index in [1.165, 1.54) is 0 Å². The third-order valence-electron chi connectivity index (χ3n) is 8.80. The fraction of sp³-hybridized carbons (Fsp3) is 0.649. The van der Waals surface area contributed by atoms with Crippen molar-refractivity contribution in [3.8, 4) is 5.75 Å². The molecular formula is C37H57N3O8. The van der Waals surface area contributed by atoms with Crippen LogP contribution in [0.15, 0.2) is 42.5 Å². The Balaban J connectivity index is 1.59. The molecule has 0 aliphatic carbocycles. The minimum Gasteiger partial charge on any atom is -0.490 e. The SMILES string of the molecule is COCCCN1CCOc2ccc(CO[C@H]3CN(C(=O)C(N)CC(C)C)C[C@@H](OCC(C)O)[C@@H]3c3ccc(COCCOC)cc3)cc21. The van der Waals surface area contributed by atoms with Gasteiger partial charge in [-0.2, -0.15) is 0 Å². The van der Waals surface area contributed by atoms with Crippen molar-refractivity contribution in [3.63, 3.8) is 0 Å². The Morgan fingerprint density at radius 1 is 0.958 bits per heavy atom. The quantitative estimate of drug-likeness (QED) is 0.214. The average molecular weight is 672 g/mol. The zero-order valence-electron chi connectivity index (χ0n) is 29.5. The number of fused-ring (bicyclic) bond motifs is 1. The van der Waals surface area contributed by atoms with Crippen LogP contribution >= 0.6 is 0 Å². The molecule has 2 aliphatic rings. The first-order chi connectivity index (χ1) is 23.2. The molecule has 11 heteroatoms. The topological polar surface area (TPSA) is 125 Å². The van der Waals surface area contributed by atoms with E-state index < -0.39 is 18.2 Å². The van der Waals surface area contributed by atoms with E-state index in [1.54, 1.807) is 26.0 Å². The molecule has 2 aromatic rings. The van der Waals surface area contributed by atoms with Crippen LogP contribution in [0.4, 0.5) is 5.69 Å². The molecule has 1 fully saturated rings. The molecule has 2 aromatic carbocycles. The molecule has 1 saturated heterocycles. The van der Waals surface area contributed by atoms with Crippen molar-refractivity contribution in [3.05, 3.63) is 59.2 Å². The van der Waals surface area contributed by atoms with Gasteiger partial charge in [-0.05, 0) is 54.5 Å². The van der Waals surface area contributed by atoms with Gasteiger partial charge in [-0.1, -0.05) is 44.2 Å². The van der Waals surface area contributed by atoms with Crippen molar-refractivity contribution in [1.82, 2.24) is 4.90 Å². The molecule has 2 unspecified atom stereocenters. The first kappa shape index (κ1) is 38.0. The van der Waals surface area contributed by atoms with E-state index >= 15 is 0 Å². The number of nitrogens with zero attached hydrogens (tertiary/aromatic N) is 2. The van der Waals surface area contributed by atoms with E-state index in [0.29, 0.717) is 59.2 Å². The van der Waals surface area contributed by atoms with Gasteiger partial charge in [0.2, 0.25) is 5.91 Å². The predicted molar refractivity (Wildman–Crippen MR) is 185 cm³/mol. The van der Waals surface area contributed by atoms with Crippen LogP contribution in [-0.4, -0.2) is 114 Å². The standard InChI is InChI=1S/C37H57N3O8/c1-26(2)19-31(38)37(42)40-21-34(47-23-27(3)41)36(30-10-7-28(8-11-30)24-45-18-17-44-5)35(22-40)48-25-29-9-12-33-32(20-29)39(14-16-46-33)13-6-15-43-4/h7-12,20,26-27,31,34-36,41H,6,13-19,21-25,38H2,1-5H3/t27?,31?,34-,35+,36+/m1/s1. The molecule has 268 valence electrons. The first-order valence-corrected chi connectivity index (χ1v) is 17.3. The molecule has 2 heterocycles. The third-order valence-corrected chi connectivity index (χ3v) is 8.80. The molecule has 0 aromatic heterocycles. The van der Waals surface area contributed by atoms with E-state index in [0.717, 1.165) is 47.6 Å². The zero-order valence-corrected chi connectivity index (χ0v) is 29.5. The summed E-state index contributed by atoms with van der Waals surface area (Å²) < 4.78 is 35.2. The number of piperidine rings is 1. The minimum atomic E-state index is -0.657. The van der Waals surface area contributed by atoms with Crippen molar-refractivity contribution in [2.45, 2.75) is 77.1 Å². The number of carbonyl (C=O) groups is 1. The van der Waals surface area contributed by atoms with E-state index in [4.69, 9.17) is 34.2 Å². The maximum absolute atomic E-state index is 13.7. The highest BCUT2D eigenvalue weighted by Gasteiger charge is 2.42. The summed E-state index contributed by atoms with van der Waals surface area (Å²) in [7, 11) is 3.38. The molecule has 5 atom stereocenters. The first-order valence-electron chi connectivity index (χ1n) is 17.3. The number of aliphatic hydroxyl groups excluding tert-OH is 1. The van der Waals surface area contributed by atoms with E-state index in [-0.39, 0.29) is 30.5 Å². The summed E-state index contributed by atoms with van der Waals surface area (Å²) in [4.78, 5) is 17.8. The number of aliphatic hydroxyl groups is 1. The Labute approximate surface area is 286 Å². The lowest BCUT2D eigenvalue weighted by Crippen LogP contribution is -2.57. The van der Waals surface area contributed by atoms with Crippen LogP contribution in [0.25, 0.3) is 0 Å². The van der Waals surface area contributed by atoms with Gasteiger partial charge in [0.05, 0.1) is 69.6 Å². The second kappa shape index (κ2) is 19.4. The van der Waals surface area contributed by atoms with Gasteiger partial charge in [0.15, 0.2) is 0 Å². The van der Waals surface area contributed by atoms with Gasteiger partial charge in [0, 0.05) is 46.4 Å². The highest BCUT2D eigenvalue weighted by atomic mass is 16.5. The molecule has 1 amide bonds. The molecule has 0 bridgehead atoms. The predicted octanol–water partition coefficient (Wildman–Crippen LogP) is 3.74. The van der Waals surface area contributed by atoms with Gasteiger partial charge in [0.1, 0.15) is 12.4 Å². The zero-order chi connectivity index (χ0) is 34.5. The summed E-state index contributed by atoms with van der Waals surface area (Å²) in [6.45, 7) is 11.6. The van der Waals surface area contributed by atoms with Crippen LogP contribution in [0.2, 0.25) is 0 Å². The van der Waals surface area contributed by atoms with Crippen molar-refractivity contribution in [1.29, 1.82) is 0 Å². The summed E-state index contributed by atoms with van der Waals surface area (Å²) in [6, 6.07) is 13.9. The van der Waals surface area contributed by atoms with Gasteiger partial charge < -0.3 is 49.1 Å². The van der Waals surface area contributed by atoms with Gasteiger partial charge in [-0.3, -0.25) is 4.79 Å². The van der Waals surface area contributed by atoms with E-state index in [9.17, 15) is 9.90 Å². The lowest BCUT2D eigenvalue weighted by molar-refractivity contribution is -0.149. The number of amides is 1. The maximum Gasteiger partial charge on any atom is 0.239 e. The van der Waals surface area contributed by atoms with Crippen LogP contribution < -0.4 is 15.4 Å². The molecule has 0 radical (unpaired) electrons. The average Bonchev–Trinajstić information content (AvgIpc) is 3.08. The second-order valence-corrected chi connectivity index (χ2v) is 13.3. The Bertz CT molecular complexity index is 1240. The number of rotatable bonds is 19. The molecule has 2 aliphatic heterocycles. The number of ether oxygens (including phenoxy) is 6. The number of hydrogen-bond acceptors (Lipinski definition) is 10. The Kier molecular flexibility index (Phi) is 15.4. The molecular weight excluding hydrogens is 614 g/mol. The van der Waals surface area contributed by atoms with Crippen LogP contribution in [0.5, 0.6) is 5.75 Å². The molecule has 3 N–H and O–H groups in total.